The number of non-ortho nitro benzene ring substituents is 1. The fourth-order valence-electron chi connectivity index (χ4n) is 1.88. The van der Waals surface area contributed by atoms with Crippen LogP contribution in [0.3, 0.4) is 0 Å². The SMILES string of the molecule is O=[N+]([O-])c1ccc(CNCC(O)c2ccccc2)cc1. The van der Waals surface area contributed by atoms with Gasteiger partial charge in [-0.15, -0.1) is 0 Å². The number of nitro groups is 1. The molecule has 20 heavy (non-hydrogen) atoms. The van der Waals surface area contributed by atoms with Gasteiger partial charge in [0.1, 0.15) is 0 Å². The molecule has 2 aromatic rings. The number of hydrogen-bond donors (Lipinski definition) is 2. The molecule has 5 nitrogen and oxygen atoms in total. The molecular weight excluding hydrogens is 256 g/mol. The second kappa shape index (κ2) is 6.79. The highest BCUT2D eigenvalue weighted by atomic mass is 16.6. The van der Waals surface area contributed by atoms with E-state index in [-0.39, 0.29) is 5.69 Å². The molecule has 104 valence electrons. The molecule has 5 heteroatoms. The number of nitrogens with one attached hydrogen (secondary N) is 1. The Balaban J connectivity index is 1.82. The summed E-state index contributed by atoms with van der Waals surface area (Å²) in [6.07, 6.45) is -0.561. The topological polar surface area (TPSA) is 75.4 Å². The molecule has 2 N–H and O–H groups in total. The van der Waals surface area contributed by atoms with E-state index in [9.17, 15) is 15.2 Å². The maximum absolute atomic E-state index is 10.5. The Bertz CT molecular complexity index is 555. The van der Waals surface area contributed by atoms with Gasteiger partial charge in [-0.05, 0) is 11.1 Å². The summed E-state index contributed by atoms with van der Waals surface area (Å²) < 4.78 is 0. The standard InChI is InChI=1S/C15H16N2O3/c18-15(13-4-2-1-3-5-13)11-16-10-12-6-8-14(9-7-12)17(19)20/h1-9,15-16,18H,10-11H2. The smallest absolute Gasteiger partial charge is 0.269 e. The van der Waals surface area contributed by atoms with Gasteiger partial charge in [-0.2, -0.15) is 0 Å². The summed E-state index contributed by atoms with van der Waals surface area (Å²) in [6, 6.07) is 15.8. The molecule has 0 aliphatic carbocycles. The Kier molecular flexibility index (Phi) is 4.81. The maximum atomic E-state index is 10.5. The van der Waals surface area contributed by atoms with Crippen LogP contribution in [0.15, 0.2) is 54.6 Å². The van der Waals surface area contributed by atoms with Crippen LogP contribution in [0.4, 0.5) is 5.69 Å². The third-order valence-corrected chi connectivity index (χ3v) is 3.00. The molecule has 0 saturated heterocycles. The number of aliphatic hydroxyl groups excluding tert-OH is 1. The predicted octanol–water partition coefficient (Wildman–Crippen LogP) is 2.42. The van der Waals surface area contributed by atoms with Crippen molar-refractivity contribution in [2.75, 3.05) is 6.54 Å². The maximum Gasteiger partial charge on any atom is 0.269 e. The Morgan fingerprint density at radius 3 is 2.35 bits per heavy atom. The molecule has 0 spiro atoms. The van der Waals surface area contributed by atoms with Gasteiger partial charge >= 0.3 is 0 Å². The Labute approximate surface area is 117 Å². The van der Waals surface area contributed by atoms with Crippen molar-refractivity contribution in [2.24, 2.45) is 0 Å². The third-order valence-electron chi connectivity index (χ3n) is 3.00. The Morgan fingerprint density at radius 1 is 1.10 bits per heavy atom. The van der Waals surface area contributed by atoms with Gasteiger partial charge in [-0.3, -0.25) is 10.1 Å². The van der Waals surface area contributed by atoms with Crippen molar-refractivity contribution in [3.63, 3.8) is 0 Å². The molecule has 0 amide bonds. The molecule has 0 radical (unpaired) electrons. The normalized spacial score (nSPS) is 12.1. The van der Waals surface area contributed by atoms with E-state index in [1.165, 1.54) is 12.1 Å². The van der Waals surface area contributed by atoms with E-state index in [1.807, 2.05) is 30.3 Å². The Hall–Kier alpha value is -2.24. The summed E-state index contributed by atoms with van der Waals surface area (Å²) in [6.45, 7) is 0.989. The van der Waals surface area contributed by atoms with Gasteiger partial charge in [0.05, 0.1) is 11.0 Å². The Morgan fingerprint density at radius 2 is 1.75 bits per heavy atom. The van der Waals surface area contributed by atoms with E-state index in [4.69, 9.17) is 0 Å². The zero-order valence-electron chi connectivity index (χ0n) is 10.9. The summed E-state index contributed by atoms with van der Waals surface area (Å²) in [5.41, 5.74) is 1.89. The van der Waals surface area contributed by atoms with Gasteiger partial charge in [0.15, 0.2) is 0 Å². The van der Waals surface area contributed by atoms with Crippen LogP contribution in [-0.2, 0) is 6.54 Å². The molecule has 1 atom stereocenters. The van der Waals surface area contributed by atoms with Crippen molar-refractivity contribution < 1.29 is 10.0 Å². The van der Waals surface area contributed by atoms with Crippen molar-refractivity contribution in [1.82, 2.24) is 5.32 Å². The lowest BCUT2D eigenvalue weighted by Gasteiger charge is -2.12. The van der Waals surface area contributed by atoms with Gasteiger partial charge in [0.2, 0.25) is 0 Å². The van der Waals surface area contributed by atoms with E-state index in [0.717, 1.165) is 11.1 Å². The molecular formula is C15H16N2O3. The first-order valence-electron chi connectivity index (χ1n) is 6.34. The zero-order chi connectivity index (χ0) is 14.4. The van der Waals surface area contributed by atoms with Crippen molar-refractivity contribution in [2.45, 2.75) is 12.6 Å². The van der Waals surface area contributed by atoms with Gasteiger partial charge < -0.3 is 10.4 Å². The monoisotopic (exact) mass is 272 g/mol. The number of rotatable bonds is 6. The van der Waals surface area contributed by atoms with Crippen LogP contribution in [0, 0.1) is 10.1 Å². The minimum atomic E-state index is -0.561. The molecule has 0 aliphatic heterocycles. The first-order valence-corrected chi connectivity index (χ1v) is 6.34. The first kappa shape index (κ1) is 14.2. The molecule has 0 heterocycles. The van der Waals surface area contributed by atoms with Gasteiger partial charge in [0, 0.05) is 25.2 Å². The summed E-state index contributed by atoms with van der Waals surface area (Å²) in [7, 11) is 0. The van der Waals surface area contributed by atoms with Crippen molar-refractivity contribution in [3.8, 4) is 0 Å². The highest BCUT2D eigenvalue weighted by molar-refractivity contribution is 5.32. The van der Waals surface area contributed by atoms with Gasteiger partial charge in [-0.1, -0.05) is 42.5 Å². The lowest BCUT2D eigenvalue weighted by atomic mass is 10.1. The average molecular weight is 272 g/mol. The van der Waals surface area contributed by atoms with Crippen LogP contribution >= 0.6 is 0 Å². The van der Waals surface area contributed by atoms with Crippen LogP contribution in [0.2, 0.25) is 0 Å². The molecule has 0 fully saturated rings. The van der Waals surface area contributed by atoms with E-state index >= 15 is 0 Å². The number of hydrogen-bond acceptors (Lipinski definition) is 4. The van der Waals surface area contributed by atoms with Crippen molar-refractivity contribution >= 4 is 5.69 Å². The predicted molar refractivity (Wildman–Crippen MR) is 76.2 cm³/mol. The largest absolute Gasteiger partial charge is 0.387 e. The molecule has 2 aromatic carbocycles. The number of benzene rings is 2. The van der Waals surface area contributed by atoms with E-state index in [0.29, 0.717) is 13.1 Å². The van der Waals surface area contributed by atoms with Crippen LogP contribution in [-0.4, -0.2) is 16.6 Å². The zero-order valence-corrected chi connectivity index (χ0v) is 10.9. The highest BCUT2D eigenvalue weighted by Gasteiger charge is 2.07. The van der Waals surface area contributed by atoms with Crippen LogP contribution in [0.25, 0.3) is 0 Å². The van der Waals surface area contributed by atoms with Crippen LogP contribution in [0.5, 0.6) is 0 Å². The minimum absolute atomic E-state index is 0.0815. The van der Waals surface area contributed by atoms with Crippen LogP contribution < -0.4 is 5.32 Å². The number of aliphatic hydroxyl groups is 1. The van der Waals surface area contributed by atoms with E-state index in [1.54, 1.807) is 12.1 Å². The molecule has 2 rings (SSSR count). The quantitative estimate of drug-likeness (QED) is 0.625. The van der Waals surface area contributed by atoms with Gasteiger partial charge in [-0.25, -0.2) is 0 Å². The summed E-state index contributed by atoms with van der Waals surface area (Å²) in [5, 5.41) is 23.6. The molecule has 0 aromatic heterocycles. The number of nitrogens with zero attached hydrogens (tertiary/aromatic N) is 1. The van der Waals surface area contributed by atoms with Gasteiger partial charge in [0.25, 0.3) is 5.69 Å². The molecule has 0 aliphatic rings. The fraction of sp³-hybridized carbons (Fsp3) is 0.200. The molecule has 1 unspecified atom stereocenters. The molecule has 0 bridgehead atoms. The lowest BCUT2D eigenvalue weighted by Crippen LogP contribution is -2.21. The average Bonchev–Trinajstić information content (AvgIpc) is 2.48. The first-order chi connectivity index (χ1) is 9.66. The summed E-state index contributed by atoms with van der Waals surface area (Å²) in [5.74, 6) is 0. The highest BCUT2D eigenvalue weighted by Crippen LogP contribution is 2.13. The molecule has 0 saturated carbocycles. The fourth-order valence-corrected chi connectivity index (χ4v) is 1.88. The summed E-state index contributed by atoms with van der Waals surface area (Å²) >= 11 is 0. The third kappa shape index (κ3) is 3.88. The number of nitro benzene ring substituents is 1. The van der Waals surface area contributed by atoms with E-state index < -0.39 is 11.0 Å². The summed E-state index contributed by atoms with van der Waals surface area (Å²) in [4.78, 5) is 10.1. The van der Waals surface area contributed by atoms with Crippen molar-refractivity contribution in [1.29, 1.82) is 0 Å². The second-order valence-corrected chi connectivity index (χ2v) is 4.48. The minimum Gasteiger partial charge on any atom is -0.387 e. The van der Waals surface area contributed by atoms with Crippen molar-refractivity contribution in [3.05, 3.63) is 75.8 Å². The van der Waals surface area contributed by atoms with E-state index in [2.05, 4.69) is 5.32 Å². The van der Waals surface area contributed by atoms with Crippen LogP contribution in [0.1, 0.15) is 17.2 Å². The lowest BCUT2D eigenvalue weighted by molar-refractivity contribution is -0.384. The second-order valence-electron chi connectivity index (χ2n) is 4.48.